The zero-order valence-corrected chi connectivity index (χ0v) is 21.4. The quantitative estimate of drug-likeness (QED) is 0.565. The molecule has 2 bridgehead atoms. The third kappa shape index (κ3) is 4.81. The van der Waals surface area contributed by atoms with Gasteiger partial charge in [-0.3, -0.25) is 14.4 Å². The molecule has 3 fully saturated rings. The minimum Gasteiger partial charge on any atom is -0.496 e. The van der Waals surface area contributed by atoms with E-state index in [1.807, 2.05) is 28.9 Å². The second-order valence-electron chi connectivity index (χ2n) is 9.21. The average molecular weight is 513 g/mol. The lowest BCUT2D eigenvalue weighted by molar-refractivity contribution is -0.131. The lowest BCUT2D eigenvalue weighted by Crippen LogP contribution is -2.56. The molecule has 1 N–H and O–H groups in total. The van der Waals surface area contributed by atoms with Gasteiger partial charge in [-0.2, -0.15) is 0 Å². The van der Waals surface area contributed by atoms with Crippen LogP contribution in [0.25, 0.3) is 0 Å². The van der Waals surface area contributed by atoms with E-state index in [0.29, 0.717) is 29.5 Å². The Hall–Kier alpha value is -2.85. The molecule has 1 aliphatic carbocycles. The van der Waals surface area contributed by atoms with E-state index >= 15 is 0 Å². The van der Waals surface area contributed by atoms with Crippen LogP contribution in [0.3, 0.4) is 0 Å². The molecule has 10 heteroatoms. The van der Waals surface area contributed by atoms with Gasteiger partial charge >= 0.3 is 0 Å². The molecule has 2 atom stereocenters. The highest BCUT2D eigenvalue weighted by molar-refractivity contribution is 8.01. The Morgan fingerprint density at radius 1 is 1.20 bits per heavy atom. The summed E-state index contributed by atoms with van der Waals surface area (Å²) in [7, 11) is 1.57. The molecule has 0 spiro atoms. The van der Waals surface area contributed by atoms with Gasteiger partial charge in [0.1, 0.15) is 5.75 Å². The molecule has 2 aromatic rings. The minimum absolute atomic E-state index is 0.0231. The minimum atomic E-state index is -0.0898. The molecular formula is C25H28N4O4S2. The smallest absolute Gasteiger partial charge is 0.257 e. The number of hydrogen-bond donors (Lipinski definition) is 1. The second kappa shape index (κ2) is 9.66. The van der Waals surface area contributed by atoms with Crippen LogP contribution in [-0.2, 0) is 9.59 Å². The van der Waals surface area contributed by atoms with Gasteiger partial charge < -0.3 is 19.9 Å². The average Bonchev–Trinajstić information content (AvgIpc) is 3.57. The maximum absolute atomic E-state index is 13.6. The number of carbonyl (C=O) groups is 3. The Balaban J connectivity index is 1.34. The number of aromatic nitrogens is 1. The maximum Gasteiger partial charge on any atom is 0.257 e. The number of amides is 3. The van der Waals surface area contributed by atoms with Gasteiger partial charge in [0.2, 0.25) is 11.8 Å². The molecule has 0 radical (unpaired) electrons. The zero-order chi connectivity index (χ0) is 24.7. The van der Waals surface area contributed by atoms with Crippen molar-refractivity contribution in [3.63, 3.8) is 0 Å². The molecule has 1 aromatic carbocycles. The standard InChI is InChI=1S/C25H28N4O4S2/c1-4-21(30)29-16-7-8-17(29)13-28(12-16)24(32)18-10-20(14(2)9-19(18)33-3)34-22-11-26-25(35-22)27-23(31)15-5-6-15/h4,9-11,15-17H,1,5-8,12-13H2,2-3H3,(H,26,27,31)/t16-,17+. The number of nitrogens with one attached hydrogen (secondary N) is 1. The Kier molecular flexibility index (Phi) is 6.59. The fraction of sp³-hybridized carbons (Fsp3) is 0.440. The molecule has 0 unspecified atom stereocenters. The van der Waals surface area contributed by atoms with Crippen molar-refractivity contribution < 1.29 is 19.1 Å². The van der Waals surface area contributed by atoms with Gasteiger partial charge in [-0.25, -0.2) is 4.98 Å². The molecule has 35 heavy (non-hydrogen) atoms. The lowest BCUT2D eigenvalue weighted by atomic mass is 10.1. The summed E-state index contributed by atoms with van der Waals surface area (Å²) in [6, 6.07) is 3.82. The van der Waals surface area contributed by atoms with Crippen LogP contribution in [0.15, 0.2) is 40.1 Å². The normalized spacial score (nSPS) is 21.1. The van der Waals surface area contributed by atoms with Crippen molar-refractivity contribution in [2.45, 2.75) is 53.8 Å². The number of methoxy groups -OCH3 is 1. The summed E-state index contributed by atoms with van der Waals surface area (Å²) in [5.41, 5.74) is 1.50. The van der Waals surface area contributed by atoms with E-state index in [0.717, 1.165) is 40.4 Å². The molecule has 2 saturated heterocycles. The Morgan fingerprint density at radius 2 is 1.91 bits per heavy atom. The fourth-order valence-electron chi connectivity index (χ4n) is 4.84. The number of thiazole rings is 1. The van der Waals surface area contributed by atoms with E-state index in [-0.39, 0.29) is 35.7 Å². The summed E-state index contributed by atoms with van der Waals surface area (Å²) in [6.45, 7) is 6.62. The summed E-state index contributed by atoms with van der Waals surface area (Å²) in [5, 5.41) is 3.48. The van der Waals surface area contributed by atoms with E-state index in [2.05, 4.69) is 16.9 Å². The number of ether oxygens (including phenoxy) is 1. The first kappa shape index (κ1) is 23.9. The third-order valence-electron chi connectivity index (χ3n) is 6.80. The number of carbonyl (C=O) groups excluding carboxylic acids is 3. The fourth-order valence-corrected chi connectivity index (χ4v) is 6.78. The maximum atomic E-state index is 13.6. The van der Waals surface area contributed by atoms with Gasteiger partial charge in [-0.05, 0) is 56.4 Å². The van der Waals surface area contributed by atoms with Crippen LogP contribution in [0.2, 0.25) is 0 Å². The summed E-state index contributed by atoms with van der Waals surface area (Å²) in [6.07, 6.45) is 6.79. The van der Waals surface area contributed by atoms with Crippen molar-refractivity contribution >= 4 is 46.0 Å². The predicted octanol–water partition coefficient (Wildman–Crippen LogP) is 3.96. The van der Waals surface area contributed by atoms with E-state index in [1.165, 1.54) is 29.2 Å². The molecule has 5 rings (SSSR count). The van der Waals surface area contributed by atoms with Gasteiger partial charge in [0, 0.05) is 23.9 Å². The van der Waals surface area contributed by atoms with Crippen molar-refractivity contribution in [2.24, 2.45) is 5.92 Å². The van der Waals surface area contributed by atoms with Crippen molar-refractivity contribution in [1.82, 2.24) is 14.8 Å². The van der Waals surface area contributed by atoms with Crippen LogP contribution in [0, 0.1) is 12.8 Å². The zero-order valence-electron chi connectivity index (χ0n) is 19.8. The van der Waals surface area contributed by atoms with Crippen molar-refractivity contribution in [2.75, 3.05) is 25.5 Å². The topological polar surface area (TPSA) is 91.8 Å². The molecule has 184 valence electrons. The van der Waals surface area contributed by atoms with Crippen LogP contribution >= 0.6 is 23.1 Å². The first-order valence-electron chi connectivity index (χ1n) is 11.7. The van der Waals surface area contributed by atoms with Gasteiger partial charge in [-0.1, -0.05) is 29.7 Å². The van der Waals surface area contributed by atoms with Crippen LogP contribution in [0.4, 0.5) is 5.13 Å². The Morgan fingerprint density at radius 3 is 2.54 bits per heavy atom. The second-order valence-corrected chi connectivity index (χ2v) is 11.6. The number of rotatable bonds is 7. The summed E-state index contributed by atoms with van der Waals surface area (Å²) in [5.74, 6) is 0.546. The SMILES string of the molecule is C=CC(=O)N1[C@@H]2CC[C@H]1CN(C(=O)c1cc(Sc3cnc(NC(=O)C4CC4)s3)c(C)cc1OC)C2. The Labute approximate surface area is 212 Å². The van der Waals surface area contributed by atoms with Crippen molar-refractivity contribution in [3.8, 4) is 5.75 Å². The summed E-state index contributed by atoms with van der Waals surface area (Å²) in [4.78, 5) is 46.9. The molecule has 1 saturated carbocycles. The Bertz CT molecular complexity index is 1180. The monoisotopic (exact) mass is 512 g/mol. The van der Waals surface area contributed by atoms with E-state index in [1.54, 1.807) is 13.3 Å². The van der Waals surface area contributed by atoms with Crippen molar-refractivity contribution in [3.05, 3.63) is 42.1 Å². The molecule has 3 heterocycles. The van der Waals surface area contributed by atoms with Crippen LogP contribution in [0.1, 0.15) is 41.6 Å². The lowest BCUT2D eigenvalue weighted by Gasteiger charge is -2.40. The summed E-state index contributed by atoms with van der Waals surface area (Å²) >= 11 is 2.94. The first-order valence-corrected chi connectivity index (χ1v) is 13.4. The molecule has 2 aliphatic heterocycles. The largest absolute Gasteiger partial charge is 0.496 e. The van der Waals surface area contributed by atoms with Gasteiger partial charge in [0.05, 0.1) is 35.2 Å². The van der Waals surface area contributed by atoms with Crippen LogP contribution in [-0.4, -0.2) is 64.8 Å². The molecule has 1 aromatic heterocycles. The third-order valence-corrected chi connectivity index (χ3v) is 8.97. The number of piperazine rings is 1. The highest BCUT2D eigenvalue weighted by Gasteiger charge is 2.43. The van der Waals surface area contributed by atoms with Crippen LogP contribution in [0.5, 0.6) is 5.75 Å². The number of hydrogen-bond acceptors (Lipinski definition) is 7. The van der Waals surface area contributed by atoms with Crippen molar-refractivity contribution in [1.29, 1.82) is 0 Å². The summed E-state index contributed by atoms with van der Waals surface area (Å²) < 4.78 is 6.50. The van der Waals surface area contributed by atoms with E-state index in [9.17, 15) is 14.4 Å². The van der Waals surface area contributed by atoms with Crippen LogP contribution < -0.4 is 10.1 Å². The van der Waals surface area contributed by atoms with E-state index in [4.69, 9.17) is 4.74 Å². The molecular weight excluding hydrogens is 484 g/mol. The molecule has 3 amide bonds. The molecule has 8 nitrogen and oxygen atoms in total. The predicted molar refractivity (Wildman–Crippen MR) is 135 cm³/mol. The number of nitrogens with zero attached hydrogens (tertiary/aromatic N) is 3. The van der Waals surface area contributed by atoms with Gasteiger partial charge in [0.25, 0.3) is 5.91 Å². The highest BCUT2D eigenvalue weighted by Crippen LogP contribution is 2.40. The number of benzene rings is 1. The number of likely N-dealkylation sites (tertiary alicyclic amines) is 1. The number of fused-ring (bicyclic) bond motifs is 2. The highest BCUT2D eigenvalue weighted by atomic mass is 32.2. The van der Waals surface area contributed by atoms with Gasteiger partial charge in [-0.15, -0.1) is 0 Å². The van der Waals surface area contributed by atoms with Gasteiger partial charge in [0.15, 0.2) is 5.13 Å². The number of aryl methyl sites for hydroxylation is 1. The molecule has 3 aliphatic rings. The first-order chi connectivity index (χ1) is 16.9. The van der Waals surface area contributed by atoms with E-state index < -0.39 is 0 Å². The number of anilines is 1.